The highest BCUT2D eigenvalue weighted by atomic mass is 79.9. The van der Waals surface area contributed by atoms with E-state index in [-0.39, 0.29) is 5.91 Å². The Morgan fingerprint density at radius 3 is 2.52 bits per heavy atom. The Hall–Kier alpha value is -1.46. The molecule has 0 bridgehead atoms. The highest BCUT2D eigenvalue weighted by Gasteiger charge is 2.22. The van der Waals surface area contributed by atoms with Gasteiger partial charge in [-0.3, -0.25) is 4.79 Å². The minimum absolute atomic E-state index is 0.121. The number of thiocarbonyl (C=S) groups is 1. The molecular formula is C16H17BrN2OS. The van der Waals surface area contributed by atoms with Crippen molar-refractivity contribution in [2.45, 2.75) is 13.8 Å². The van der Waals surface area contributed by atoms with Gasteiger partial charge in [-0.05, 0) is 35.0 Å². The van der Waals surface area contributed by atoms with Crippen molar-refractivity contribution >= 4 is 49.8 Å². The summed E-state index contributed by atoms with van der Waals surface area (Å²) in [4.78, 5) is 12.6. The van der Waals surface area contributed by atoms with Crippen molar-refractivity contribution in [3.05, 3.63) is 46.4 Å². The van der Waals surface area contributed by atoms with E-state index in [9.17, 15) is 4.79 Å². The summed E-state index contributed by atoms with van der Waals surface area (Å²) >= 11 is 8.43. The van der Waals surface area contributed by atoms with E-state index in [0.29, 0.717) is 17.1 Å². The number of nitrogens with one attached hydrogen (secondary N) is 1. The summed E-state index contributed by atoms with van der Waals surface area (Å²) in [6.45, 7) is 4.24. The fourth-order valence-corrected chi connectivity index (χ4v) is 2.30. The van der Waals surface area contributed by atoms with E-state index >= 15 is 0 Å². The van der Waals surface area contributed by atoms with E-state index < -0.39 is 5.41 Å². The average molecular weight is 365 g/mol. The Kier molecular flexibility index (Phi) is 4.64. The van der Waals surface area contributed by atoms with Crippen LogP contribution in [0.4, 0.5) is 0 Å². The highest BCUT2D eigenvalue weighted by molar-refractivity contribution is 9.10. The number of amides is 1. The van der Waals surface area contributed by atoms with Gasteiger partial charge in [-0.1, -0.05) is 54.1 Å². The molecule has 0 aromatic heterocycles. The summed E-state index contributed by atoms with van der Waals surface area (Å²) < 4.78 is 1.02. The molecule has 0 aliphatic heterocycles. The number of carbonyl (C=O) groups excluding carboxylic acids is 1. The first-order valence-electron chi connectivity index (χ1n) is 6.57. The molecule has 2 aromatic rings. The number of rotatable bonds is 4. The third-order valence-corrected chi connectivity index (χ3v) is 4.47. The van der Waals surface area contributed by atoms with Gasteiger partial charge in [-0.2, -0.15) is 0 Å². The first-order chi connectivity index (χ1) is 9.79. The van der Waals surface area contributed by atoms with Gasteiger partial charge < -0.3 is 11.1 Å². The zero-order chi connectivity index (χ0) is 15.6. The molecular weight excluding hydrogens is 348 g/mol. The molecule has 0 atom stereocenters. The standard InChI is InChI=1S/C16H17BrN2OS/c1-16(2,15(18)21)9-19-14(20)12-4-3-11-8-13(17)6-5-10(11)7-12/h3-8H,9H2,1-2H3,(H2,18,21)(H,19,20). The fourth-order valence-electron chi connectivity index (χ4n) is 1.85. The highest BCUT2D eigenvalue weighted by Crippen LogP contribution is 2.21. The van der Waals surface area contributed by atoms with E-state index in [4.69, 9.17) is 18.0 Å². The van der Waals surface area contributed by atoms with Gasteiger partial charge >= 0.3 is 0 Å². The van der Waals surface area contributed by atoms with Crippen molar-refractivity contribution in [3.63, 3.8) is 0 Å². The molecule has 0 fully saturated rings. The van der Waals surface area contributed by atoms with Crippen molar-refractivity contribution < 1.29 is 4.79 Å². The van der Waals surface area contributed by atoms with Crippen molar-refractivity contribution in [2.75, 3.05) is 6.54 Å². The molecule has 1 amide bonds. The summed E-state index contributed by atoms with van der Waals surface area (Å²) in [6, 6.07) is 11.6. The predicted octanol–water partition coefficient (Wildman–Crippen LogP) is 3.64. The first kappa shape index (κ1) is 15.9. The largest absolute Gasteiger partial charge is 0.393 e. The third-order valence-electron chi connectivity index (χ3n) is 3.42. The molecule has 3 nitrogen and oxygen atoms in total. The number of benzene rings is 2. The van der Waals surface area contributed by atoms with Gasteiger partial charge in [-0.15, -0.1) is 0 Å². The normalized spacial score (nSPS) is 11.4. The zero-order valence-electron chi connectivity index (χ0n) is 11.9. The van der Waals surface area contributed by atoms with E-state index in [1.165, 1.54) is 0 Å². The molecule has 110 valence electrons. The number of hydrogen-bond acceptors (Lipinski definition) is 2. The molecule has 0 aliphatic rings. The summed E-state index contributed by atoms with van der Waals surface area (Å²) in [5, 5.41) is 5.00. The number of fused-ring (bicyclic) bond motifs is 1. The van der Waals surface area contributed by atoms with Crippen LogP contribution in [-0.2, 0) is 0 Å². The van der Waals surface area contributed by atoms with Gasteiger partial charge in [0.2, 0.25) is 0 Å². The minimum Gasteiger partial charge on any atom is -0.393 e. The molecule has 5 heteroatoms. The molecule has 2 aromatic carbocycles. The van der Waals surface area contributed by atoms with E-state index in [2.05, 4.69) is 21.2 Å². The molecule has 0 saturated carbocycles. The molecule has 2 rings (SSSR count). The molecule has 21 heavy (non-hydrogen) atoms. The Morgan fingerprint density at radius 1 is 1.24 bits per heavy atom. The van der Waals surface area contributed by atoms with Crippen LogP contribution in [0.25, 0.3) is 10.8 Å². The lowest BCUT2D eigenvalue weighted by molar-refractivity contribution is 0.0945. The van der Waals surface area contributed by atoms with Crippen LogP contribution in [-0.4, -0.2) is 17.4 Å². The van der Waals surface area contributed by atoms with Gasteiger partial charge in [0.15, 0.2) is 0 Å². The quantitative estimate of drug-likeness (QED) is 0.814. The van der Waals surface area contributed by atoms with Crippen molar-refractivity contribution in [1.29, 1.82) is 0 Å². The van der Waals surface area contributed by atoms with Crippen molar-refractivity contribution in [3.8, 4) is 0 Å². The van der Waals surface area contributed by atoms with Gasteiger partial charge in [-0.25, -0.2) is 0 Å². The van der Waals surface area contributed by atoms with E-state index in [0.717, 1.165) is 15.2 Å². The lowest BCUT2D eigenvalue weighted by Crippen LogP contribution is -2.41. The van der Waals surface area contributed by atoms with Crippen LogP contribution in [0.1, 0.15) is 24.2 Å². The Morgan fingerprint density at radius 2 is 1.86 bits per heavy atom. The second-order valence-electron chi connectivity index (χ2n) is 5.64. The smallest absolute Gasteiger partial charge is 0.251 e. The summed E-state index contributed by atoms with van der Waals surface area (Å²) in [7, 11) is 0. The van der Waals surface area contributed by atoms with Gasteiger partial charge in [0, 0.05) is 22.0 Å². The van der Waals surface area contributed by atoms with Crippen LogP contribution >= 0.6 is 28.1 Å². The number of carbonyl (C=O) groups is 1. The molecule has 0 spiro atoms. The first-order valence-corrected chi connectivity index (χ1v) is 7.77. The maximum absolute atomic E-state index is 12.2. The molecule has 0 unspecified atom stereocenters. The zero-order valence-corrected chi connectivity index (χ0v) is 14.3. The second-order valence-corrected chi connectivity index (χ2v) is 6.99. The lowest BCUT2D eigenvalue weighted by Gasteiger charge is -2.23. The van der Waals surface area contributed by atoms with Crippen LogP contribution in [0.3, 0.4) is 0 Å². The summed E-state index contributed by atoms with van der Waals surface area (Å²) in [5.41, 5.74) is 5.89. The maximum Gasteiger partial charge on any atom is 0.251 e. The molecule has 0 aliphatic carbocycles. The Bertz CT molecular complexity index is 712. The fraction of sp³-hybridized carbons (Fsp3) is 0.250. The number of halogens is 1. The maximum atomic E-state index is 12.2. The molecule has 0 saturated heterocycles. The minimum atomic E-state index is -0.396. The Balaban J connectivity index is 2.16. The van der Waals surface area contributed by atoms with Gasteiger partial charge in [0.05, 0.1) is 4.99 Å². The van der Waals surface area contributed by atoms with Crippen LogP contribution < -0.4 is 11.1 Å². The van der Waals surface area contributed by atoms with Gasteiger partial charge in [0.25, 0.3) is 5.91 Å². The molecule has 0 radical (unpaired) electrons. The van der Waals surface area contributed by atoms with Crippen molar-refractivity contribution in [2.24, 2.45) is 11.1 Å². The number of hydrogen-bond donors (Lipinski definition) is 2. The van der Waals surface area contributed by atoms with Crippen LogP contribution in [0.15, 0.2) is 40.9 Å². The third kappa shape index (κ3) is 3.80. The van der Waals surface area contributed by atoms with Crippen LogP contribution in [0.2, 0.25) is 0 Å². The Labute approximate surface area is 138 Å². The monoisotopic (exact) mass is 364 g/mol. The summed E-state index contributed by atoms with van der Waals surface area (Å²) in [6.07, 6.45) is 0. The van der Waals surface area contributed by atoms with Crippen LogP contribution in [0, 0.1) is 5.41 Å². The van der Waals surface area contributed by atoms with Crippen molar-refractivity contribution in [1.82, 2.24) is 5.32 Å². The predicted molar refractivity (Wildman–Crippen MR) is 94.5 cm³/mol. The SMILES string of the molecule is CC(C)(CNC(=O)c1ccc2cc(Br)ccc2c1)C(N)=S. The van der Waals surface area contributed by atoms with E-state index in [1.54, 1.807) is 0 Å². The van der Waals surface area contributed by atoms with E-state index in [1.807, 2.05) is 50.2 Å². The average Bonchev–Trinajstić information content (AvgIpc) is 2.44. The summed E-state index contributed by atoms with van der Waals surface area (Å²) in [5.74, 6) is -0.121. The topological polar surface area (TPSA) is 55.1 Å². The molecule has 0 heterocycles. The van der Waals surface area contributed by atoms with Crippen LogP contribution in [0.5, 0.6) is 0 Å². The number of nitrogens with two attached hydrogens (primary N) is 1. The van der Waals surface area contributed by atoms with Gasteiger partial charge in [0.1, 0.15) is 0 Å². The second kappa shape index (κ2) is 6.12. The lowest BCUT2D eigenvalue weighted by atomic mass is 9.93. The molecule has 3 N–H and O–H groups in total.